The molecule has 14 heavy (non-hydrogen) atoms. The van der Waals surface area contributed by atoms with Gasteiger partial charge in [0.05, 0.1) is 0 Å². The Kier molecular flexibility index (Phi) is 4.20. The van der Waals surface area contributed by atoms with E-state index in [1.165, 1.54) is 0 Å². The number of carbonyl (C=O) groups is 1. The third kappa shape index (κ3) is 3.14. The van der Waals surface area contributed by atoms with E-state index in [0.717, 1.165) is 19.5 Å². The molecule has 0 aliphatic carbocycles. The first kappa shape index (κ1) is 11.8. The second-order valence-electron chi connectivity index (χ2n) is 4.26. The second kappa shape index (κ2) is 4.99. The third-order valence-electron chi connectivity index (χ3n) is 2.80. The zero-order chi connectivity index (χ0) is 10.7. The maximum Gasteiger partial charge on any atom is 0.237 e. The van der Waals surface area contributed by atoms with Crippen LogP contribution < -0.4 is 5.32 Å². The SMILES string of the molecule is CC(Cl)C(=O)NC1CCN(C)CC1C. The van der Waals surface area contributed by atoms with Gasteiger partial charge in [-0.3, -0.25) is 4.79 Å². The van der Waals surface area contributed by atoms with Gasteiger partial charge < -0.3 is 10.2 Å². The summed E-state index contributed by atoms with van der Waals surface area (Å²) in [5.41, 5.74) is 0. The molecule has 1 saturated heterocycles. The molecule has 0 radical (unpaired) electrons. The number of likely N-dealkylation sites (tertiary alicyclic amines) is 1. The van der Waals surface area contributed by atoms with Gasteiger partial charge in [0.25, 0.3) is 0 Å². The Morgan fingerprint density at radius 3 is 2.79 bits per heavy atom. The van der Waals surface area contributed by atoms with Crippen LogP contribution in [0.15, 0.2) is 0 Å². The summed E-state index contributed by atoms with van der Waals surface area (Å²) in [4.78, 5) is 13.7. The monoisotopic (exact) mass is 218 g/mol. The molecule has 0 saturated carbocycles. The van der Waals surface area contributed by atoms with Crippen LogP contribution in [0.4, 0.5) is 0 Å². The van der Waals surface area contributed by atoms with E-state index in [9.17, 15) is 4.79 Å². The highest BCUT2D eigenvalue weighted by Crippen LogP contribution is 2.15. The lowest BCUT2D eigenvalue weighted by atomic mass is 9.94. The average molecular weight is 219 g/mol. The molecule has 0 aromatic rings. The molecule has 4 heteroatoms. The normalized spacial score (nSPS) is 31.1. The fourth-order valence-electron chi connectivity index (χ4n) is 1.87. The molecule has 1 aliphatic heterocycles. The molecule has 1 heterocycles. The topological polar surface area (TPSA) is 32.3 Å². The lowest BCUT2D eigenvalue weighted by molar-refractivity contribution is -0.121. The number of hydrogen-bond donors (Lipinski definition) is 1. The molecule has 0 spiro atoms. The van der Waals surface area contributed by atoms with Crippen LogP contribution in [0.3, 0.4) is 0 Å². The number of nitrogens with one attached hydrogen (secondary N) is 1. The van der Waals surface area contributed by atoms with Crippen molar-refractivity contribution in [2.75, 3.05) is 20.1 Å². The molecule has 0 aromatic heterocycles. The lowest BCUT2D eigenvalue weighted by Gasteiger charge is -2.35. The van der Waals surface area contributed by atoms with Crippen LogP contribution in [0.5, 0.6) is 0 Å². The van der Waals surface area contributed by atoms with E-state index >= 15 is 0 Å². The van der Waals surface area contributed by atoms with Gasteiger partial charge in [-0.1, -0.05) is 6.92 Å². The molecule has 1 N–H and O–H groups in total. The van der Waals surface area contributed by atoms with E-state index in [1.54, 1.807) is 6.92 Å². The number of piperidine rings is 1. The van der Waals surface area contributed by atoms with Crippen LogP contribution in [0, 0.1) is 5.92 Å². The molecular formula is C10H19ClN2O. The lowest BCUT2D eigenvalue weighted by Crippen LogP contribution is -2.50. The van der Waals surface area contributed by atoms with Gasteiger partial charge in [-0.25, -0.2) is 0 Å². The number of carbonyl (C=O) groups excluding carboxylic acids is 1. The zero-order valence-electron chi connectivity index (χ0n) is 9.09. The van der Waals surface area contributed by atoms with E-state index < -0.39 is 5.38 Å². The van der Waals surface area contributed by atoms with Crippen molar-refractivity contribution in [2.45, 2.75) is 31.7 Å². The van der Waals surface area contributed by atoms with Crippen molar-refractivity contribution in [3.05, 3.63) is 0 Å². The van der Waals surface area contributed by atoms with Gasteiger partial charge in [0, 0.05) is 12.6 Å². The first-order chi connectivity index (χ1) is 6.50. The average Bonchev–Trinajstić information content (AvgIpc) is 2.09. The third-order valence-corrected chi connectivity index (χ3v) is 3.00. The summed E-state index contributed by atoms with van der Waals surface area (Å²) in [6.07, 6.45) is 1.02. The maximum atomic E-state index is 11.4. The summed E-state index contributed by atoms with van der Waals surface area (Å²) >= 11 is 5.70. The van der Waals surface area contributed by atoms with Gasteiger partial charge in [-0.15, -0.1) is 11.6 Å². The van der Waals surface area contributed by atoms with Gasteiger partial charge >= 0.3 is 0 Å². The van der Waals surface area contributed by atoms with Gasteiger partial charge in [-0.05, 0) is 32.9 Å². The summed E-state index contributed by atoms with van der Waals surface area (Å²) in [5, 5.41) is 2.56. The molecular weight excluding hydrogens is 200 g/mol. The van der Waals surface area contributed by atoms with E-state index in [1.807, 2.05) is 0 Å². The largest absolute Gasteiger partial charge is 0.352 e. The summed E-state index contributed by atoms with van der Waals surface area (Å²) < 4.78 is 0. The highest BCUT2D eigenvalue weighted by atomic mass is 35.5. The maximum absolute atomic E-state index is 11.4. The summed E-state index contributed by atoms with van der Waals surface area (Å²) in [6, 6.07) is 0.292. The molecule has 1 aliphatic rings. The summed E-state index contributed by atoms with van der Waals surface area (Å²) in [5.74, 6) is 0.459. The molecule has 1 amide bonds. The molecule has 0 aromatic carbocycles. The highest BCUT2D eigenvalue weighted by Gasteiger charge is 2.26. The van der Waals surface area contributed by atoms with Crippen molar-refractivity contribution in [3.8, 4) is 0 Å². The van der Waals surface area contributed by atoms with Crippen molar-refractivity contribution in [1.29, 1.82) is 0 Å². The Labute approximate surface area is 90.8 Å². The fourth-order valence-corrected chi connectivity index (χ4v) is 1.93. The number of nitrogens with zero attached hydrogens (tertiary/aromatic N) is 1. The highest BCUT2D eigenvalue weighted by molar-refractivity contribution is 6.30. The standard InChI is InChI=1S/C10H19ClN2O/c1-7-6-13(3)5-4-9(7)12-10(14)8(2)11/h7-9H,4-6H2,1-3H3,(H,12,14). The zero-order valence-corrected chi connectivity index (χ0v) is 9.84. The van der Waals surface area contributed by atoms with Crippen molar-refractivity contribution >= 4 is 17.5 Å². The molecule has 1 rings (SSSR count). The summed E-state index contributed by atoms with van der Waals surface area (Å²) in [7, 11) is 2.11. The van der Waals surface area contributed by atoms with E-state index in [4.69, 9.17) is 11.6 Å². The fraction of sp³-hybridized carbons (Fsp3) is 0.900. The molecule has 0 bridgehead atoms. The van der Waals surface area contributed by atoms with Crippen LogP contribution >= 0.6 is 11.6 Å². The Hall–Kier alpha value is -0.280. The number of amides is 1. The quantitative estimate of drug-likeness (QED) is 0.704. The minimum Gasteiger partial charge on any atom is -0.352 e. The number of hydrogen-bond acceptors (Lipinski definition) is 2. The van der Waals surface area contributed by atoms with Crippen LogP contribution in [0.1, 0.15) is 20.3 Å². The Morgan fingerprint density at radius 2 is 2.29 bits per heavy atom. The van der Waals surface area contributed by atoms with Crippen LogP contribution in [-0.4, -0.2) is 42.4 Å². The van der Waals surface area contributed by atoms with Gasteiger partial charge in [0.1, 0.15) is 5.38 Å². The number of rotatable bonds is 2. The summed E-state index contributed by atoms with van der Waals surface area (Å²) in [6.45, 7) is 5.96. The first-order valence-corrected chi connectivity index (χ1v) is 5.57. The molecule has 3 unspecified atom stereocenters. The number of alkyl halides is 1. The van der Waals surface area contributed by atoms with Crippen molar-refractivity contribution < 1.29 is 4.79 Å². The Morgan fingerprint density at radius 1 is 1.64 bits per heavy atom. The van der Waals surface area contributed by atoms with Gasteiger partial charge in [0.2, 0.25) is 5.91 Å². The van der Waals surface area contributed by atoms with Crippen LogP contribution in [0.2, 0.25) is 0 Å². The molecule has 3 nitrogen and oxygen atoms in total. The van der Waals surface area contributed by atoms with E-state index in [0.29, 0.717) is 12.0 Å². The van der Waals surface area contributed by atoms with Crippen molar-refractivity contribution in [1.82, 2.24) is 10.2 Å². The predicted molar refractivity (Wildman–Crippen MR) is 58.5 cm³/mol. The van der Waals surface area contributed by atoms with E-state index in [-0.39, 0.29) is 5.91 Å². The van der Waals surface area contributed by atoms with Gasteiger partial charge in [-0.2, -0.15) is 0 Å². The number of halogens is 1. The first-order valence-electron chi connectivity index (χ1n) is 5.13. The molecule has 1 fully saturated rings. The van der Waals surface area contributed by atoms with Crippen molar-refractivity contribution in [3.63, 3.8) is 0 Å². The molecule has 3 atom stereocenters. The van der Waals surface area contributed by atoms with Gasteiger partial charge in [0.15, 0.2) is 0 Å². The van der Waals surface area contributed by atoms with Crippen LogP contribution in [0.25, 0.3) is 0 Å². The Bertz CT molecular complexity index is 208. The van der Waals surface area contributed by atoms with E-state index in [2.05, 4.69) is 24.2 Å². The Balaban J connectivity index is 2.41. The van der Waals surface area contributed by atoms with Crippen molar-refractivity contribution in [2.24, 2.45) is 5.92 Å². The smallest absolute Gasteiger partial charge is 0.237 e. The molecule has 82 valence electrons. The minimum atomic E-state index is -0.429. The second-order valence-corrected chi connectivity index (χ2v) is 4.91. The van der Waals surface area contributed by atoms with Crippen LogP contribution in [-0.2, 0) is 4.79 Å². The minimum absolute atomic E-state index is 0.0481. The predicted octanol–water partition coefficient (Wildman–Crippen LogP) is 1.07.